The fraction of sp³-hybridized carbons (Fsp3) is 0.200. The summed E-state index contributed by atoms with van der Waals surface area (Å²) < 4.78 is 67.4. The summed E-state index contributed by atoms with van der Waals surface area (Å²) in [5, 5.41) is 1.03. The van der Waals surface area contributed by atoms with Crippen molar-refractivity contribution in [3.8, 4) is 0 Å². The maximum Gasteiger partial charge on any atom is 0.417 e. The van der Waals surface area contributed by atoms with E-state index < -0.39 is 46.4 Å². The molecule has 0 aliphatic heterocycles. The topological polar surface area (TPSA) is 42.0 Å². The van der Waals surface area contributed by atoms with Crippen LogP contribution in [-0.4, -0.2) is 17.4 Å². The second-order valence-corrected chi connectivity index (χ2v) is 6.29. The Labute approximate surface area is 159 Å². The average Bonchev–Trinajstić information content (AvgIpc) is 2.51. The molecule has 0 aliphatic rings. The number of benzene rings is 1. The summed E-state index contributed by atoms with van der Waals surface area (Å²) in [7, 11) is 0. The Kier molecular flexibility index (Phi) is 5.99. The molecule has 0 saturated carbocycles. The molecule has 2 rings (SSSR count). The normalized spacial score (nSPS) is 12.2. The predicted molar refractivity (Wildman–Crippen MR) is 86.9 cm³/mol. The fourth-order valence-corrected chi connectivity index (χ4v) is 2.72. The molecule has 0 unspecified atom stereocenters. The molecule has 1 heterocycles. The smallest absolute Gasteiger partial charge is 0.346 e. The summed E-state index contributed by atoms with van der Waals surface area (Å²) in [6.45, 7) is -1.28. The molecule has 0 fully saturated rings. The first kappa shape index (κ1) is 20.7. The molecule has 1 N–H and O–H groups in total. The van der Waals surface area contributed by atoms with E-state index in [-0.39, 0.29) is 10.0 Å². The number of hydrogen-bond donors (Lipinski definition) is 1. The van der Waals surface area contributed by atoms with E-state index in [0.29, 0.717) is 12.3 Å². The van der Waals surface area contributed by atoms with Crippen molar-refractivity contribution in [2.75, 3.05) is 6.54 Å². The zero-order valence-corrected chi connectivity index (χ0v) is 14.7. The van der Waals surface area contributed by atoms with Crippen LogP contribution in [0.2, 0.25) is 15.2 Å². The number of alkyl halides is 5. The molecule has 1 amide bonds. The first-order valence-electron chi connectivity index (χ1n) is 6.76. The Morgan fingerprint density at radius 2 is 1.69 bits per heavy atom. The molecule has 140 valence electrons. The van der Waals surface area contributed by atoms with Gasteiger partial charge in [0, 0.05) is 16.8 Å². The van der Waals surface area contributed by atoms with Crippen LogP contribution in [0, 0.1) is 0 Å². The quantitative estimate of drug-likeness (QED) is 0.505. The minimum absolute atomic E-state index is 0.126. The molecule has 11 heteroatoms. The minimum atomic E-state index is -4.92. The van der Waals surface area contributed by atoms with E-state index in [1.807, 2.05) is 0 Å². The molecule has 0 spiro atoms. The number of nitrogens with one attached hydrogen (secondary N) is 1. The number of amides is 1. The van der Waals surface area contributed by atoms with Gasteiger partial charge in [0.1, 0.15) is 5.15 Å². The van der Waals surface area contributed by atoms with Gasteiger partial charge in [0.05, 0.1) is 22.7 Å². The Hall–Kier alpha value is -1.64. The highest BCUT2D eigenvalue weighted by Crippen LogP contribution is 2.35. The highest BCUT2D eigenvalue weighted by Gasteiger charge is 2.38. The zero-order chi connectivity index (χ0) is 19.7. The van der Waals surface area contributed by atoms with Gasteiger partial charge < -0.3 is 5.32 Å². The maximum absolute atomic E-state index is 14.2. The molecule has 0 aliphatic carbocycles. The number of nitrogens with zero attached hydrogens (tertiary/aromatic N) is 1. The standard InChI is InChI=1S/C15H8Cl3F5N2O/c16-7-1-2-9(11(17)3-7)14(19,20)6-25-13(26)8-5-24-12(18)4-10(8)15(21,22)23/h1-5H,6H2,(H,25,26). The Bertz CT molecular complexity index is 843. The number of pyridine rings is 1. The lowest BCUT2D eigenvalue weighted by atomic mass is 10.1. The molecule has 1 aromatic heterocycles. The Morgan fingerprint density at radius 3 is 2.27 bits per heavy atom. The van der Waals surface area contributed by atoms with E-state index in [1.165, 1.54) is 6.07 Å². The number of aromatic nitrogens is 1. The highest BCUT2D eigenvalue weighted by atomic mass is 35.5. The highest BCUT2D eigenvalue weighted by molar-refractivity contribution is 6.35. The lowest BCUT2D eigenvalue weighted by Gasteiger charge is -2.19. The Morgan fingerprint density at radius 1 is 1.04 bits per heavy atom. The van der Waals surface area contributed by atoms with Crippen LogP contribution in [-0.2, 0) is 12.1 Å². The first-order chi connectivity index (χ1) is 11.9. The Balaban J connectivity index is 2.23. The van der Waals surface area contributed by atoms with Crippen molar-refractivity contribution in [3.05, 3.63) is 62.4 Å². The molecule has 0 radical (unpaired) electrons. The third kappa shape index (κ3) is 4.75. The van der Waals surface area contributed by atoms with Crippen LogP contribution in [0.15, 0.2) is 30.5 Å². The first-order valence-corrected chi connectivity index (χ1v) is 7.89. The van der Waals surface area contributed by atoms with Gasteiger partial charge in [-0.3, -0.25) is 4.79 Å². The van der Waals surface area contributed by atoms with Gasteiger partial charge in [-0.25, -0.2) is 4.98 Å². The minimum Gasteiger partial charge on any atom is -0.346 e. The monoisotopic (exact) mass is 432 g/mol. The van der Waals surface area contributed by atoms with Gasteiger partial charge in [0.15, 0.2) is 0 Å². The summed E-state index contributed by atoms with van der Waals surface area (Å²) in [5.74, 6) is -5.03. The molecule has 3 nitrogen and oxygen atoms in total. The number of carbonyl (C=O) groups excluding carboxylic acids is 1. The summed E-state index contributed by atoms with van der Waals surface area (Å²) >= 11 is 16.7. The van der Waals surface area contributed by atoms with Crippen LogP contribution in [0.4, 0.5) is 22.0 Å². The van der Waals surface area contributed by atoms with E-state index in [0.717, 1.165) is 12.1 Å². The average molecular weight is 434 g/mol. The summed E-state index contributed by atoms with van der Waals surface area (Å²) in [4.78, 5) is 15.3. The van der Waals surface area contributed by atoms with Crippen molar-refractivity contribution in [3.63, 3.8) is 0 Å². The van der Waals surface area contributed by atoms with Crippen LogP contribution < -0.4 is 5.32 Å². The van der Waals surface area contributed by atoms with Crippen molar-refractivity contribution in [1.29, 1.82) is 0 Å². The number of rotatable bonds is 4. The van der Waals surface area contributed by atoms with Gasteiger partial charge in [0.2, 0.25) is 0 Å². The van der Waals surface area contributed by atoms with Crippen molar-refractivity contribution in [2.24, 2.45) is 0 Å². The van der Waals surface area contributed by atoms with Crippen LogP contribution in [0.1, 0.15) is 21.5 Å². The summed E-state index contributed by atoms with van der Waals surface area (Å²) in [6.07, 6.45) is -4.35. The summed E-state index contributed by atoms with van der Waals surface area (Å²) in [6, 6.07) is 3.65. The molecule has 26 heavy (non-hydrogen) atoms. The van der Waals surface area contributed by atoms with Crippen LogP contribution in [0.25, 0.3) is 0 Å². The molecular weight excluding hydrogens is 426 g/mol. The van der Waals surface area contributed by atoms with Crippen molar-refractivity contribution < 1.29 is 26.7 Å². The largest absolute Gasteiger partial charge is 0.417 e. The second-order valence-electron chi connectivity index (χ2n) is 5.06. The molecule has 0 bridgehead atoms. The number of halogens is 8. The molecule has 0 atom stereocenters. The van der Waals surface area contributed by atoms with Crippen LogP contribution in [0.5, 0.6) is 0 Å². The van der Waals surface area contributed by atoms with Crippen molar-refractivity contribution >= 4 is 40.7 Å². The lowest BCUT2D eigenvalue weighted by molar-refractivity contribution is -0.138. The van der Waals surface area contributed by atoms with E-state index >= 15 is 0 Å². The van der Waals surface area contributed by atoms with Crippen molar-refractivity contribution in [2.45, 2.75) is 12.1 Å². The molecule has 1 aromatic carbocycles. The third-order valence-corrected chi connectivity index (χ3v) is 3.97. The van der Waals surface area contributed by atoms with E-state index in [4.69, 9.17) is 34.8 Å². The molecule has 2 aromatic rings. The fourth-order valence-electron chi connectivity index (χ4n) is 2.01. The maximum atomic E-state index is 14.2. The lowest BCUT2D eigenvalue weighted by Crippen LogP contribution is -2.36. The second kappa shape index (κ2) is 7.54. The zero-order valence-electron chi connectivity index (χ0n) is 12.5. The third-order valence-electron chi connectivity index (χ3n) is 3.22. The van der Waals surface area contributed by atoms with E-state index in [9.17, 15) is 26.7 Å². The predicted octanol–water partition coefficient (Wildman–Crippen LogP) is 5.58. The van der Waals surface area contributed by atoms with Crippen molar-refractivity contribution in [1.82, 2.24) is 10.3 Å². The molecular formula is C15H8Cl3F5N2O. The van der Waals surface area contributed by atoms with Crippen LogP contribution >= 0.6 is 34.8 Å². The number of carbonyl (C=O) groups is 1. The van der Waals surface area contributed by atoms with Gasteiger partial charge >= 0.3 is 6.18 Å². The molecule has 0 saturated heterocycles. The van der Waals surface area contributed by atoms with Crippen LogP contribution in [0.3, 0.4) is 0 Å². The van der Waals surface area contributed by atoms with Gasteiger partial charge in [-0.1, -0.05) is 34.8 Å². The van der Waals surface area contributed by atoms with Gasteiger partial charge in [-0.15, -0.1) is 0 Å². The van der Waals surface area contributed by atoms with Gasteiger partial charge in [0.25, 0.3) is 11.8 Å². The number of hydrogen-bond acceptors (Lipinski definition) is 2. The van der Waals surface area contributed by atoms with E-state index in [1.54, 1.807) is 5.32 Å². The van der Waals surface area contributed by atoms with Gasteiger partial charge in [-0.2, -0.15) is 22.0 Å². The van der Waals surface area contributed by atoms with Gasteiger partial charge in [-0.05, 0) is 24.3 Å². The summed E-state index contributed by atoms with van der Waals surface area (Å²) in [5.41, 5.74) is -2.95. The van der Waals surface area contributed by atoms with E-state index in [2.05, 4.69) is 4.98 Å². The SMILES string of the molecule is O=C(NCC(F)(F)c1ccc(Cl)cc1Cl)c1cnc(Cl)cc1C(F)(F)F.